The van der Waals surface area contributed by atoms with Crippen molar-refractivity contribution in [3.05, 3.63) is 71.5 Å². The van der Waals surface area contributed by atoms with Gasteiger partial charge in [-0.25, -0.2) is 14.8 Å². The van der Waals surface area contributed by atoms with Crippen LogP contribution in [0, 0.1) is 0 Å². The van der Waals surface area contributed by atoms with Gasteiger partial charge in [-0.3, -0.25) is 0 Å². The normalized spacial score (nSPS) is 15.2. The summed E-state index contributed by atoms with van der Waals surface area (Å²) in [5, 5.41) is 35.6. The highest BCUT2D eigenvalue weighted by atomic mass is 16.5. The highest BCUT2D eigenvalue weighted by molar-refractivity contribution is 6.61. The molecule has 32 heavy (non-hydrogen) atoms. The van der Waals surface area contributed by atoms with Crippen molar-refractivity contribution in [2.24, 2.45) is 0 Å². The fourth-order valence-corrected chi connectivity index (χ4v) is 3.67. The van der Waals surface area contributed by atoms with Crippen LogP contribution in [0.1, 0.15) is 41.5 Å². The van der Waals surface area contributed by atoms with E-state index in [1.165, 1.54) is 6.20 Å². The number of carbonyl (C=O) groups is 1. The summed E-state index contributed by atoms with van der Waals surface area (Å²) in [4.78, 5) is 20.5. The monoisotopic (exact) mass is 434 g/mol. The highest BCUT2D eigenvalue weighted by Gasteiger charge is 2.42. The Labute approximate surface area is 185 Å². The molecule has 0 unspecified atom stereocenters. The van der Waals surface area contributed by atoms with Crippen LogP contribution in [-0.2, 0) is 10.3 Å². The molecule has 1 atom stereocenters. The number of nitrogens with zero attached hydrogens (tertiary/aromatic N) is 2. The third kappa shape index (κ3) is 4.29. The van der Waals surface area contributed by atoms with Crippen molar-refractivity contribution in [2.45, 2.75) is 25.5 Å². The lowest BCUT2D eigenvalue weighted by Crippen LogP contribution is -2.28. The van der Waals surface area contributed by atoms with Crippen molar-refractivity contribution in [3.63, 3.8) is 0 Å². The van der Waals surface area contributed by atoms with Gasteiger partial charge in [0.2, 0.25) is 0 Å². The molecule has 0 aliphatic carbocycles. The lowest BCUT2D eigenvalue weighted by Gasteiger charge is -2.20. The van der Waals surface area contributed by atoms with Gasteiger partial charge in [-0.05, 0) is 25.5 Å². The summed E-state index contributed by atoms with van der Waals surface area (Å²) >= 11 is 0. The number of rotatable bonds is 7. The first-order chi connectivity index (χ1) is 15.3. The molecule has 3 heterocycles. The predicted octanol–water partition coefficient (Wildman–Crippen LogP) is 2.02. The molecule has 3 aromatic rings. The molecule has 2 aromatic heterocycles. The fourth-order valence-electron chi connectivity index (χ4n) is 3.67. The van der Waals surface area contributed by atoms with E-state index in [9.17, 15) is 20.0 Å². The van der Waals surface area contributed by atoms with Crippen molar-refractivity contribution < 1.29 is 24.7 Å². The lowest BCUT2D eigenvalue weighted by atomic mass is 9.80. The van der Waals surface area contributed by atoms with Gasteiger partial charge in [-0.15, -0.1) is 0 Å². The Hall–Kier alpha value is -3.47. The summed E-state index contributed by atoms with van der Waals surface area (Å²) in [6.45, 7) is 3.41. The second-order valence-corrected chi connectivity index (χ2v) is 7.95. The number of hydrogen-bond donors (Lipinski definition) is 5. The van der Waals surface area contributed by atoms with Crippen LogP contribution in [0.15, 0.2) is 54.7 Å². The maximum atomic E-state index is 11.7. The number of aromatic nitrogens is 2. The molecule has 0 amide bonds. The summed E-state index contributed by atoms with van der Waals surface area (Å²) in [5.41, 5.74) is 1.57. The van der Waals surface area contributed by atoms with E-state index in [0.717, 1.165) is 5.56 Å². The Morgan fingerprint density at radius 3 is 2.62 bits per heavy atom. The van der Waals surface area contributed by atoms with E-state index in [2.05, 4.69) is 20.6 Å². The molecule has 5 N–H and O–H groups in total. The number of hydrogen-bond acceptors (Lipinski definition) is 8. The number of carboxylic acids is 1. The SMILES string of the molecule is CC1(C)OB(O)c2ccc(Nc3cc(N[C@H](CO)c4ccccc4)c(C(=O)O)cn3)nc21. The first-order valence-electron chi connectivity index (χ1n) is 10.1. The lowest BCUT2D eigenvalue weighted by molar-refractivity contribution is 0.0697. The summed E-state index contributed by atoms with van der Waals surface area (Å²) in [6, 6.07) is 13.7. The molecular weight excluding hydrogens is 411 g/mol. The van der Waals surface area contributed by atoms with Crippen LogP contribution in [-0.4, -0.2) is 44.9 Å². The molecule has 0 fully saturated rings. The minimum absolute atomic E-state index is 0.0236. The van der Waals surface area contributed by atoms with Gasteiger partial charge >= 0.3 is 13.1 Å². The Bertz CT molecular complexity index is 1140. The van der Waals surface area contributed by atoms with Gasteiger partial charge in [0.1, 0.15) is 17.2 Å². The van der Waals surface area contributed by atoms with E-state index < -0.39 is 24.7 Å². The van der Waals surface area contributed by atoms with Crippen LogP contribution in [0.3, 0.4) is 0 Å². The zero-order chi connectivity index (χ0) is 22.9. The first kappa shape index (κ1) is 21.8. The maximum Gasteiger partial charge on any atom is 0.493 e. The number of nitrogens with one attached hydrogen (secondary N) is 2. The molecule has 0 spiro atoms. The first-order valence-corrected chi connectivity index (χ1v) is 10.1. The van der Waals surface area contributed by atoms with E-state index in [4.69, 9.17) is 4.65 Å². The number of pyridine rings is 2. The van der Waals surface area contributed by atoms with Gasteiger partial charge in [-0.2, -0.15) is 0 Å². The number of carboxylic acid groups (broad SMARTS) is 1. The molecule has 0 saturated carbocycles. The second-order valence-electron chi connectivity index (χ2n) is 7.95. The standard InChI is InChI=1S/C22H23BN4O5/c1-22(2)20-15(23(31)32-22)8-9-18(27-20)26-19-10-16(14(11-24-19)21(29)30)25-17(12-28)13-6-4-3-5-7-13/h3-11,17,28,31H,12H2,1-2H3,(H,29,30)(H2,24,25,26,27)/t17-/m1/s1. The highest BCUT2D eigenvalue weighted by Crippen LogP contribution is 2.30. The zero-order valence-electron chi connectivity index (χ0n) is 17.6. The van der Waals surface area contributed by atoms with Gasteiger partial charge in [0.25, 0.3) is 0 Å². The minimum Gasteiger partial charge on any atom is -0.478 e. The number of aliphatic hydroxyl groups is 1. The molecule has 4 rings (SSSR count). The number of fused-ring (bicyclic) bond motifs is 1. The number of benzene rings is 1. The van der Waals surface area contributed by atoms with E-state index in [1.54, 1.807) is 18.2 Å². The summed E-state index contributed by atoms with van der Waals surface area (Å²) < 4.78 is 5.53. The molecule has 0 radical (unpaired) electrons. The second kappa shape index (κ2) is 8.58. The van der Waals surface area contributed by atoms with E-state index >= 15 is 0 Å². The molecular formula is C22H23BN4O5. The maximum absolute atomic E-state index is 11.7. The van der Waals surface area contributed by atoms with Gasteiger partial charge in [-0.1, -0.05) is 36.4 Å². The largest absolute Gasteiger partial charge is 0.493 e. The van der Waals surface area contributed by atoms with Crippen LogP contribution in [0.25, 0.3) is 0 Å². The van der Waals surface area contributed by atoms with Crippen LogP contribution >= 0.6 is 0 Å². The van der Waals surface area contributed by atoms with Crippen molar-refractivity contribution in [3.8, 4) is 0 Å². The molecule has 1 aliphatic heterocycles. The topological polar surface area (TPSA) is 137 Å². The smallest absolute Gasteiger partial charge is 0.478 e. The Morgan fingerprint density at radius 2 is 1.94 bits per heavy atom. The average molecular weight is 434 g/mol. The molecule has 1 aromatic carbocycles. The minimum atomic E-state index is -1.14. The predicted molar refractivity (Wildman–Crippen MR) is 120 cm³/mol. The van der Waals surface area contributed by atoms with Gasteiger partial charge in [0.05, 0.1) is 29.6 Å². The average Bonchev–Trinajstić information content (AvgIpc) is 3.00. The Morgan fingerprint density at radius 1 is 1.19 bits per heavy atom. The number of anilines is 3. The molecule has 164 valence electrons. The van der Waals surface area contributed by atoms with Gasteiger partial charge in [0.15, 0.2) is 0 Å². The molecule has 9 nitrogen and oxygen atoms in total. The van der Waals surface area contributed by atoms with Gasteiger partial charge in [0, 0.05) is 17.7 Å². The van der Waals surface area contributed by atoms with E-state index in [0.29, 0.717) is 28.5 Å². The summed E-state index contributed by atoms with van der Waals surface area (Å²) in [7, 11) is -1.03. The van der Waals surface area contributed by atoms with Crippen molar-refractivity contribution in [2.75, 3.05) is 17.2 Å². The van der Waals surface area contributed by atoms with Crippen LogP contribution in [0.2, 0.25) is 0 Å². The van der Waals surface area contributed by atoms with Crippen molar-refractivity contribution in [1.29, 1.82) is 0 Å². The van der Waals surface area contributed by atoms with Crippen LogP contribution in [0.5, 0.6) is 0 Å². The van der Waals surface area contributed by atoms with Crippen molar-refractivity contribution >= 4 is 35.9 Å². The number of aliphatic hydroxyl groups excluding tert-OH is 1. The van der Waals surface area contributed by atoms with E-state index in [-0.39, 0.29) is 12.2 Å². The van der Waals surface area contributed by atoms with E-state index in [1.807, 2.05) is 44.2 Å². The molecule has 0 saturated heterocycles. The Kier molecular flexibility index (Phi) is 5.83. The molecule has 0 bridgehead atoms. The third-order valence-corrected chi connectivity index (χ3v) is 5.27. The summed E-state index contributed by atoms with van der Waals surface area (Å²) in [6.07, 6.45) is 1.25. The van der Waals surface area contributed by atoms with Crippen LogP contribution < -0.4 is 16.1 Å². The fraction of sp³-hybridized carbons (Fsp3) is 0.227. The number of aromatic carboxylic acids is 1. The molecule has 10 heteroatoms. The van der Waals surface area contributed by atoms with Crippen molar-refractivity contribution in [1.82, 2.24) is 9.97 Å². The third-order valence-electron chi connectivity index (χ3n) is 5.27. The summed E-state index contributed by atoms with van der Waals surface area (Å²) in [5.74, 6) is -0.301. The quantitative estimate of drug-likeness (QED) is 0.354. The van der Waals surface area contributed by atoms with Gasteiger partial charge < -0.3 is 30.5 Å². The zero-order valence-corrected chi connectivity index (χ0v) is 17.6. The van der Waals surface area contributed by atoms with Crippen LogP contribution in [0.4, 0.5) is 17.3 Å². The molecule has 1 aliphatic rings. The Balaban J connectivity index is 1.63.